The molecule has 2 heterocycles. The molecule has 0 spiro atoms. The Labute approximate surface area is 173 Å². The highest BCUT2D eigenvalue weighted by atomic mass is 32.1. The van der Waals surface area contributed by atoms with Crippen LogP contribution in [-0.4, -0.2) is 87.5 Å². The summed E-state index contributed by atoms with van der Waals surface area (Å²) in [7, 11) is 0. The molecule has 0 bridgehead atoms. The molecule has 0 radical (unpaired) electrons. The second kappa shape index (κ2) is 9.92. The Kier molecular flexibility index (Phi) is 7.85. The van der Waals surface area contributed by atoms with Crippen LogP contribution in [0.4, 0.5) is 0 Å². The largest absolute Gasteiger partial charge is 0.480 e. The predicted octanol–water partition coefficient (Wildman–Crippen LogP) is -2.33. The van der Waals surface area contributed by atoms with Crippen LogP contribution in [0, 0.1) is 0 Å². The summed E-state index contributed by atoms with van der Waals surface area (Å²) >= 11 is 4.12. The first-order valence-corrected chi connectivity index (χ1v) is 10.1. The lowest BCUT2D eigenvalue weighted by Gasteiger charge is -2.30. The number of carboxylic acids is 1. The molecule has 2 aliphatic heterocycles. The maximum Gasteiger partial charge on any atom is 0.326 e. The van der Waals surface area contributed by atoms with Crippen molar-refractivity contribution in [1.82, 2.24) is 15.1 Å². The van der Waals surface area contributed by atoms with Gasteiger partial charge in [0.15, 0.2) is 0 Å². The number of thiol groups is 1. The summed E-state index contributed by atoms with van der Waals surface area (Å²) in [6.07, 6.45) is 1.55. The Morgan fingerprint density at radius 2 is 1.59 bits per heavy atom. The molecule has 162 valence electrons. The number of nitrogens with two attached hydrogens (primary N) is 2. The fourth-order valence-electron chi connectivity index (χ4n) is 3.76. The van der Waals surface area contributed by atoms with E-state index >= 15 is 0 Å². The van der Waals surface area contributed by atoms with Gasteiger partial charge in [0.2, 0.25) is 23.6 Å². The number of carbonyl (C=O) groups excluding carboxylic acids is 4. The molecule has 4 unspecified atom stereocenters. The van der Waals surface area contributed by atoms with E-state index in [2.05, 4.69) is 17.9 Å². The summed E-state index contributed by atoms with van der Waals surface area (Å²) in [4.78, 5) is 62.8. The van der Waals surface area contributed by atoms with E-state index in [1.807, 2.05) is 0 Å². The van der Waals surface area contributed by atoms with Gasteiger partial charge in [-0.05, 0) is 25.7 Å². The summed E-state index contributed by atoms with van der Waals surface area (Å²) in [5.41, 5.74) is 10.8. The van der Waals surface area contributed by atoms with Crippen molar-refractivity contribution in [2.75, 3.05) is 18.8 Å². The molecular formula is C17H27N5O6S. The molecule has 4 amide bonds. The van der Waals surface area contributed by atoms with Crippen LogP contribution in [0.2, 0.25) is 0 Å². The number of carboxylic acid groups (broad SMARTS) is 1. The fourth-order valence-corrected chi connectivity index (χ4v) is 4.01. The van der Waals surface area contributed by atoms with Crippen LogP contribution in [0.3, 0.4) is 0 Å². The SMILES string of the molecule is NC(=O)CC(N)C(=O)N1CCCC1C(=O)NC(CS)C(=O)N1CCCC1C(=O)O. The van der Waals surface area contributed by atoms with E-state index in [1.165, 1.54) is 9.80 Å². The van der Waals surface area contributed by atoms with E-state index in [4.69, 9.17) is 11.5 Å². The lowest BCUT2D eigenvalue weighted by atomic mass is 10.1. The molecule has 2 rings (SSSR count). The average molecular weight is 429 g/mol. The van der Waals surface area contributed by atoms with Gasteiger partial charge in [0.1, 0.15) is 18.1 Å². The van der Waals surface area contributed by atoms with Crippen LogP contribution >= 0.6 is 12.6 Å². The van der Waals surface area contributed by atoms with Crippen LogP contribution in [0.1, 0.15) is 32.1 Å². The molecular weight excluding hydrogens is 402 g/mol. The van der Waals surface area contributed by atoms with Gasteiger partial charge < -0.3 is 31.7 Å². The second-order valence-corrected chi connectivity index (χ2v) is 7.60. The standard InChI is InChI=1S/C17H27N5O6S/c18-9(7-13(19)23)15(25)21-5-1-3-11(21)14(24)20-10(8-29)16(26)22-6-2-4-12(22)17(27)28/h9-12,29H,1-8,18H2,(H2,19,23)(H,20,24)(H,27,28). The fraction of sp³-hybridized carbons (Fsp3) is 0.706. The number of carbonyl (C=O) groups is 5. The number of likely N-dealkylation sites (tertiary alicyclic amines) is 2. The van der Waals surface area contributed by atoms with Gasteiger partial charge in [-0.3, -0.25) is 19.2 Å². The van der Waals surface area contributed by atoms with Gasteiger partial charge in [-0.2, -0.15) is 12.6 Å². The summed E-state index contributed by atoms with van der Waals surface area (Å²) in [6.45, 7) is 0.599. The zero-order valence-corrected chi connectivity index (χ0v) is 16.8. The molecule has 0 aromatic carbocycles. The molecule has 2 aliphatic rings. The smallest absolute Gasteiger partial charge is 0.326 e. The first-order chi connectivity index (χ1) is 13.7. The van der Waals surface area contributed by atoms with Crippen molar-refractivity contribution in [2.45, 2.75) is 56.3 Å². The Balaban J connectivity index is 2.04. The van der Waals surface area contributed by atoms with Crippen molar-refractivity contribution in [3.63, 3.8) is 0 Å². The minimum Gasteiger partial charge on any atom is -0.480 e. The normalized spacial score (nSPS) is 23.5. The molecule has 12 heteroatoms. The average Bonchev–Trinajstić information content (AvgIpc) is 3.33. The van der Waals surface area contributed by atoms with Gasteiger partial charge in [0, 0.05) is 18.8 Å². The van der Waals surface area contributed by atoms with Gasteiger partial charge in [-0.1, -0.05) is 0 Å². The zero-order valence-electron chi connectivity index (χ0n) is 16.0. The van der Waals surface area contributed by atoms with E-state index in [0.29, 0.717) is 38.8 Å². The molecule has 2 saturated heterocycles. The van der Waals surface area contributed by atoms with Crippen LogP contribution in [0.15, 0.2) is 0 Å². The minimum absolute atomic E-state index is 0.0186. The first-order valence-electron chi connectivity index (χ1n) is 9.46. The number of hydrogen-bond donors (Lipinski definition) is 5. The van der Waals surface area contributed by atoms with Crippen molar-refractivity contribution < 1.29 is 29.1 Å². The Hall–Kier alpha value is -2.34. The van der Waals surface area contributed by atoms with Gasteiger partial charge in [0.05, 0.1) is 12.5 Å². The van der Waals surface area contributed by atoms with Crippen molar-refractivity contribution in [2.24, 2.45) is 11.5 Å². The van der Waals surface area contributed by atoms with E-state index in [1.54, 1.807) is 0 Å². The minimum atomic E-state index is -1.14. The van der Waals surface area contributed by atoms with E-state index < -0.39 is 53.8 Å². The van der Waals surface area contributed by atoms with Crippen LogP contribution in [0.25, 0.3) is 0 Å². The van der Waals surface area contributed by atoms with Gasteiger partial charge >= 0.3 is 5.97 Å². The first kappa shape index (κ1) is 22.9. The highest BCUT2D eigenvalue weighted by Crippen LogP contribution is 2.21. The molecule has 6 N–H and O–H groups in total. The predicted molar refractivity (Wildman–Crippen MR) is 105 cm³/mol. The number of nitrogens with zero attached hydrogens (tertiary/aromatic N) is 2. The maximum absolute atomic E-state index is 12.8. The second-order valence-electron chi connectivity index (χ2n) is 7.24. The number of rotatable bonds is 8. The number of primary amides is 1. The Morgan fingerprint density at radius 3 is 2.10 bits per heavy atom. The molecule has 0 saturated carbocycles. The summed E-state index contributed by atoms with van der Waals surface area (Å²) in [6, 6.07) is -3.89. The summed E-state index contributed by atoms with van der Waals surface area (Å²) < 4.78 is 0. The van der Waals surface area contributed by atoms with Crippen LogP contribution < -0.4 is 16.8 Å². The summed E-state index contributed by atoms with van der Waals surface area (Å²) in [5.74, 6) is -3.43. The van der Waals surface area contributed by atoms with Gasteiger partial charge in [-0.15, -0.1) is 0 Å². The highest BCUT2D eigenvalue weighted by Gasteiger charge is 2.40. The highest BCUT2D eigenvalue weighted by molar-refractivity contribution is 7.80. The van der Waals surface area contributed by atoms with E-state index in [-0.39, 0.29) is 12.2 Å². The van der Waals surface area contributed by atoms with Crippen molar-refractivity contribution >= 4 is 42.2 Å². The monoisotopic (exact) mass is 429 g/mol. The van der Waals surface area contributed by atoms with Gasteiger partial charge in [-0.25, -0.2) is 4.79 Å². The topological polar surface area (TPSA) is 176 Å². The van der Waals surface area contributed by atoms with Crippen LogP contribution in [0.5, 0.6) is 0 Å². The maximum atomic E-state index is 12.8. The molecule has 29 heavy (non-hydrogen) atoms. The van der Waals surface area contributed by atoms with Crippen molar-refractivity contribution in [3.8, 4) is 0 Å². The Morgan fingerprint density at radius 1 is 1.03 bits per heavy atom. The molecule has 0 aliphatic carbocycles. The number of aliphatic carboxylic acids is 1. The Bertz CT molecular complexity index is 689. The van der Waals surface area contributed by atoms with Crippen molar-refractivity contribution in [3.05, 3.63) is 0 Å². The third-order valence-electron chi connectivity index (χ3n) is 5.19. The lowest BCUT2D eigenvalue weighted by molar-refractivity contribution is -0.149. The zero-order chi connectivity index (χ0) is 21.7. The molecule has 2 fully saturated rings. The number of nitrogens with one attached hydrogen (secondary N) is 1. The molecule has 4 atom stereocenters. The molecule has 11 nitrogen and oxygen atoms in total. The summed E-state index contributed by atoms with van der Waals surface area (Å²) in [5, 5.41) is 11.8. The van der Waals surface area contributed by atoms with Crippen molar-refractivity contribution in [1.29, 1.82) is 0 Å². The van der Waals surface area contributed by atoms with E-state index in [0.717, 1.165) is 0 Å². The molecule has 0 aromatic heterocycles. The quantitative estimate of drug-likeness (QED) is 0.269. The van der Waals surface area contributed by atoms with E-state index in [9.17, 15) is 29.1 Å². The molecule has 0 aromatic rings. The number of amides is 4. The number of hydrogen-bond acceptors (Lipinski definition) is 7. The van der Waals surface area contributed by atoms with Gasteiger partial charge in [0.25, 0.3) is 0 Å². The third kappa shape index (κ3) is 5.38. The third-order valence-corrected chi connectivity index (χ3v) is 5.56. The van der Waals surface area contributed by atoms with Crippen LogP contribution in [-0.2, 0) is 24.0 Å². The lowest BCUT2D eigenvalue weighted by Crippen LogP contribution is -2.57.